The Morgan fingerprint density at radius 3 is 2.89 bits per heavy atom. The molecule has 0 spiro atoms. The first kappa shape index (κ1) is 12.5. The summed E-state index contributed by atoms with van der Waals surface area (Å²) < 4.78 is 5.76. The average molecular weight is 308 g/mol. The van der Waals surface area contributed by atoms with Crippen LogP contribution in [0.4, 0.5) is 5.69 Å². The molecule has 0 atom stereocenters. The highest BCUT2D eigenvalue weighted by Gasteiger charge is 2.12. The van der Waals surface area contributed by atoms with Crippen molar-refractivity contribution in [2.24, 2.45) is 0 Å². The number of halogens is 1. The first-order chi connectivity index (χ1) is 8.72. The third-order valence-corrected chi connectivity index (χ3v) is 2.93. The maximum Gasteiger partial charge on any atom is 0.256 e. The van der Waals surface area contributed by atoms with Crippen molar-refractivity contribution in [3.8, 4) is 5.88 Å². The Morgan fingerprint density at radius 1 is 1.39 bits per heavy atom. The number of amides is 1. The number of hydrogen-bond acceptors (Lipinski definition) is 4. The number of rotatable bonds is 3. The topological polar surface area (TPSA) is 64.1 Å². The van der Waals surface area contributed by atoms with Crippen LogP contribution in [0.2, 0.25) is 0 Å². The summed E-state index contributed by atoms with van der Waals surface area (Å²) >= 11 is 3.32. The number of aromatic nitrogens is 2. The van der Waals surface area contributed by atoms with E-state index < -0.39 is 0 Å². The first-order valence-electron chi connectivity index (χ1n) is 5.12. The van der Waals surface area contributed by atoms with Gasteiger partial charge in [-0.25, -0.2) is 4.98 Å². The minimum atomic E-state index is -0.254. The van der Waals surface area contributed by atoms with Crippen molar-refractivity contribution >= 4 is 27.5 Å². The molecule has 1 N–H and O–H groups in total. The zero-order valence-corrected chi connectivity index (χ0v) is 11.1. The molecule has 18 heavy (non-hydrogen) atoms. The number of carbonyl (C=O) groups excluding carboxylic acids is 1. The molecule has 1 aromatic carbocycles. The van der Waals surface area contributed by atoms with Crippen molar-refractivity contribution in [3.63, 3.8) is 0 Å². The molecule has 0 radical (unpaired) electrons. The highest BCUT2D eigenvalue weighted by Crippen LogP contribution is 2.21. The van der Waals surface area contributed by atoms with Crippen LogP contribution in [0.15, 0.2) is 41.3 Å². The number of methoxy groups -OCH3 is 1. The fourth-order valence-corrected chi connectivity index (χ4v) is 1.87. The van der Waals surface area contributed by atoms with E-state index in [-0.39, 0.29) is 5.91 Å². The summed E-state index contributed by atoms with van der Waals surface area (Å²) in [4.78, 5) is 19.8. The van der Waals surface area contributed by atoms with Gasteiger partial charge in [-0.05, 0) is 28.1 Å². The fourth-order valence-electron chi connectivity index (χ4n) is 1.40. The molecule has 0 saturated heterocycles. The van der Waals surface area contributed by atoms with E-state index in [1.807, 2.05) is 6.07 Å². The Balaban J connectivity index is 2.24. The summed E-state index contributed by atoms with van der Waals surface area (Å²) in [7, 11) is 1.48. The van der Waals surface area contributed by atoms with Crippen LogP contribution in [0, 0.1) is 0 Å². The van der Waals surface area contributed by atoms with Crippen molar-refractivity contribution < 1.29 is 9.53 Å². The van der Waals surface area contributed by atoms with Crippen molar-refractivity contribution in [3.05, 3.63) is 46.8 Å². The van der Waals surface area contributed by atoms with Gasteiger partial charge in [0.25, 0.3) is 5.91 Å². The van der Waals surface area contributed by atoms with Gasteiger partial charge in [0.1, 0.15) is 12.0 Å². The quantitative estimate of drug-likeness (QED) is 0.946. The molecular formula is C12H10BrN3O2. The van der Waals surface area contributed by atoms with E-state index in [2.05, 4.69) is 31.2 Å². The molecule has 0 aliphatic carbocycles. The summed E-state index contributed by atoms with van der Waals surface area (Å²) in [5, 5.41) is 2.70. The molecule has 0 fully saturated rings. The maximum atomic E-state index is 12.1. The Hall–Kier alpha value is -1.95. The van der Waals surface area contributed by atoms with E-state index in [4.69, 9.17) is 4.74 Å². The number of carbonyl (C=O) groups is 1. The van der Waals surface area contributed by atoms with E-state index in [9.17, 15) is 4.79 Å². The SMILES string of the molecule is COc1ncncc1NC(=O)c1ccccc1Br. The van der Waals surface area contributed by atoms with E-state index in [1.165, 1.54) is 19.6 Å². The zero-order chi connectivity index (χ0) is 13.0. The van der Waals surface area contributed by atoms with E-state index >= 15 is 0 Å². The molecule has 6 heteroatoms. The standard InChI is InChI=1S/C12H10BrN3O2/c1-18-12-10(6-14-7-15-12)16-11(17)8-4-2-3-5-9(8)13/h2-7H,1H3,(H,16,17). The van der Waals surface area contributed by atoms with Crippen LogP contribution in [0.3, 0.4) is 0 Å². The number of benzene rings is 1. The third-order valence-electron chi connectivity index (χ3n) is 2.24. The predicted octanol–water partition coefficient (Wildman–Crippen LogP) is 2.50. The summed E-state index contributed by atoms with van der Waals surface area (Å²) in [6, 6.07) is 7.15. The Bertz CT molecular complexity index is 575. The van der Waals surface area contributed by atoms with Gasteiger partial charge in [0, 0.05) is 4.47 Å². The highest BCUT2D eigenvalue weighted by molar-refractivity contribution is 9.10. The molecule has 5 nitrogen and oxygen atoms in total. The molecule has 0 aliphatic rings. The molecule has 2 rings (SSSR count). The zero-order valence-electron chi connectivity index (χ0n) is 9.55. The molecule has 1 amide bonds. The second kappa shape index (κ2) is 5.59. The van der Waals surface area contributed by atoms with Crippen LogP contribution in [-0.2, 0) is 0 Å². The minimum absolute atomic E-state index is 0.254. The van der Waals surface area contributed by atoms with Crippen molar-refractivity contribution in [2.45, 2.75) is 0 Å². The summed E-state index contributed by atoms with van der Waals surface area (Å²) in [6.07, 6.45) is 2.84. The number of nitrogens with one attached hydrogen (secondary N) is 1. The summed E-state index contributed by atoms with van der Waals surface area (Å²) in [5.74, 6) is 0.0704. The van der Waals surface area contributed by atoms with Crippen LogP contribution < -0.4 is 10.1 Å². The Kier molecular flexibility index (Phi) is 3.88. The van der Waals surface area contributed by atoms with Crippen molar-refractivity contribution in [1.29, 1.82) is 0 Å². The van der Waals surface area contributed by atoms with E-state index in [0.717, 1.165) is 4.47 Å². The van der Waals surface area contributed by atoms with Crippen molar-refractivity contribution in [2.75, 3.05) is 12.4 Å². The number of hydrogen-bond donors (Lipinski definition) is 1. The molecule has 92 valence electrons. The number of ether oxygens (including phenoxy) is 1. The lowest BCUT2D eigenvalue weighted by Crippen LogP contribution is -2.13. The normalized spacial score (nSPS) is 9.89. The van der Waals surface area contributed by atoms with Crippen LogP contribution in [-0.4, -0.2) is 23.0 Å². The largest absolute Gasteiger partial charge is 0.479 e. The van der Waals surface area contributed by atoms with Gasteiger partial charge in [0.2, 0.25) is 5.88 Å². The molecule has 1 aromatic heterocycles. The molecule has 0 saturated carbocycles. The fraction of sp³-hybridized carbons (Fsp3) is 0.0833. The molecule has 0 bridgehead atoms. The molecule has 0 unspecified atom stereocenters. The molecule has 1 heterocycles. The number of nitrogens with zero attached hydrogens (tertiary/aromatic N) is 2. The third kappa shape index (κ3) is 2.65. The van der Waals surface area contributed by atoms with Crippen LogP contribution >= 0.6 is 15.9 Å². The predicted molar refractivity (Wildman–Crippen MR) is 70.7 cm³/mol. The lowest BCUT2D eigenvalue weighted by atomic mass is 10.2. The van der Waals surface area contributed by atoms with E-state index in [1.54, 1.807) is 18.2 Å². The number of anilines is 1. The lowest BCUT2D eigenvalue weighted by Gasteiger charge is -2.08. The molecule has 0 aliphatic heterocycles. The second-order valence-electron chi connectivity index (χ2n) is 3.38. The van der Waals surface area contributed by atoms with Gasteiger partial charge in [-0.1, -0.05) is 12.1 Å². The van der Waals surface area contributed by atoms with Gasteiger partial charge in [-0.15, -0.1) is 0 Å². The Labute approximate surface area is 112 Å². The van der Waals surface area contributed by atoms with Gasteiger partial charge in [-0.2, -0.15) is 4.98 Å². The smallest absolute Gasteiger partial charge is 0.256 e. The van der Waals surface area contributed by atoms with Gasteiger partial charge in [-0.3, -0.25) is 4.79 Å². The summed E-state index contributed by atoms with van der Waals surface area (Å²) in [5.41, 5.74) is 0.962. The average Bonchev–Trinajstić information content (AvgIpc) is 2.39. The second-order valence-corrected chi connectivity index (χ2v) is 4.23. The van der Waals surface area contributed by atoms with E-state index in [0.29, 0.717) is 17.1 Å². The highest BCUT2D eigenvalue weighted by atomic mass is 79.9. The van der Waals surface area contributed by atoms with Gasteiger partial charge >= 0.3 is 0 Å². The van der Waals surface area contributed by atoms with Crippen LogP contribution in [0.5, 0.6) is 5.88 Å². The maximum absolute atomic E-state index is 12.1. The molecule has 2 aromatic rings. The lowest BCUT2D eigenvalue weighted by molar-refractivity contribution is 0.102. The van der Waals surface area contributed by atoms with Crippen LogP contribution in [0.25, 0.3) is 0 Å². The van der Waals surface area contributed by atoms with Gasteiger partial charge < -0.3 is 10.1 Å². The van der Waals surface area contributed by atoms with Gasteiger partial charge in [0.15, 0.2) is 0 Å². The van der Waals surface area contributed by atoms with Crippen molar-refractivity contribution in [1.82, 2.24) is 9.97 Å². The minimum Gasteiger partial charge on any atom is -0.479 e. The monoisotopic (exact) mass is 307 g/mol. The first-order valence-corrected chi connectivity index (χ1v) is 5.91. The Morgan fingerprint density at radius 2 is 2.17 bits per heavy atom. The molecular weight excluding hydrogens is 298 g/mol. The summed E-state index contributed by atoms with van der Waals surface area (Å²) in [6.45, 7) is 0. The van der Waals surface area contributed by atoms with Crippen LogP contribution in [0.1, 0.15) is 10.4 Å². The van der Waals surface area contributed by atoms with Gasteiger partial charge in [0.05, 0.1) is 18.9 Å².